The fourth-order valence-electron chi connectivity index (χ4n) is 2.73. The Labute approximate surface area is 128 Å². The predicted octanol–water partition coefficient (Wildman–Crippen LogP) is 3.78. The highest BCUT2D eigenvalue weighted by molar-refractivity contribution is 5.25. The van der Waals surface area contributed by atoms with Crippen LogP contribution in [0.25, 0.3) is 0 Å². The molecule has 3 N–H and O–H groups in total. The van der Waals surface area contributed by atoms with Crippen LogP contribution in [0.3, 0.4) is 0 Å². The molecule has 2 rings (SSSR count). The zero-order chi connectivity index (χ0) is 14.9. The van der Waals surface area contributed by atoms with E-state index >= 15 is 0 Å². The van der Waals surface area contributed by atoms with Crippen molar-refractivity contribution >= 4 is 0 Å². The van der Waals surface area contributed by atoms with Crippen molar-refractivity contribution in [2.75, 3.05) is 0 Å². The molecule has 0 amide bonds. The quantitative estimate of drug-likeness (QED) is 0.571. The van der Waals surface area contributed by atoms with E-state index in [2.05, 4.69) is 66.9 Å². The Morgan fingerprint density at radius 3 is 2.33 bits per heavy atom. The molecule has 1 atom stereocenters. The first-order chi connectivity index (χ1) is 10.3. The van der Waals surface area contributed by atoms with Crippen LogP contribution in [0.2, 0.25) is 0 Å². The summed E-state index contributed by atoms with van der Waals surface area (Å²) in [6, 6.07) is 19.7. The lowest BCUT2D eigenvalue weighted by molar-refractivity contribution is 0.451. The topological polar surface area (TPSA) is 38.0 Å². The molecule has 2 heteroatoms. The zero-order valence-electron chi connectivity index (χ0n) is 12.9. The molecule has 2 aromatic carbocycles. The molecule has 2 aromatic rings. The number of nitrogens with one attached hydrogen (secondary N) is 1. The van der Waals surface area contributed by atoms with Gasteiger partial charge < -0.3 is 0 Å². The number of benzene rings is 2. The van der Waals surface area contributed by atoms with Crippen molar-refractivity contribution < 1.29 is 0 Å². The van der Waals surface area contributed by atoms with Crippen molar-refractivity contribution in [3.63, 3.8) is 0 Å². The van der Waals surface area contributed by atoms with Gasteiger partial charge in [-0.05, 0) is 55.7 Å². The first-order valence-electron chi connectivity index (χ1n) is 7.84. The van der Waals surface area contributed by atoms with Gasteiger partial charge in [0.05, 0.1) is 0 Å². The first-order valence-corrected chi connectivity index (χ1v) is 7.84. The van der Waals surface area contributed by atoms with E-state index in [1.165, 1.54) is 23.1 Å². The zero-order valence-corrected chi connectivity index (χ0v) is 12.9. The second-order valence-electron chi connectivity index (χ2n) is 5.71. The molecule has 0 aromatic heterocycles. The Kier molecular flexibility index (Phi) is 6.45. The van der Waals surface area contributed by atoms with Gasteiger partial charge in [-0.15, -0.1) is 0 Å². The highest BCUT2D eigenvalue weighted by atomic mass is 15.2. The Hall–Kier alpha value is -1.64. The van der Waals surface area contributed by atoms with Crippen LogP contribution in [0.4, 0.5) is 0 Å². The van der Waals surface area contributed by atoms with Crippen molar-refractivity contribution in [2.24, 2.45) is 5.84 Å². The Morgan fingerprint density at radius 2 is 1.62 bits per heavy atom. The molecule has 0 fully saturated rings. The van der Waals surface area contributed by atoms with Crippen LogP contribution < -0.4 is 11.3 Å². The normalized spacial score (nSPS) is 12.3. The monoisotopic (exact) mass is 282 g/mol. The Morgan fingerprint density at radius 1 is 0.905 bits per heavy atom. The maximum Gasteiger partial charge on any atom is 0.0213 e. The van der Waals surface area contributed by atoms with Crippen molar-refractivity contribution in [1.29, 1.82) is 0 Å². The average Bonchev–Trinajstić information content (AvgIpc) is 2.53. The third-order valence-electron chi connectivity index (χ3n) is 4.12. The van der Waals surface area contributed by atoms with Crippen molar-refractivity contribution in [3.05, 3.63) is 71.3 Å². The van der Waals surface area contributed by atoms with Gasteiger partial charge in [0.15, 0.2) is 0 Å². The van der Waals surface area contributed by atoms with Gasteiger partial charge in [0, 0.05) is 6.04 Å². The summed E-state index contributed by atoms with van der Waals surface area (Å²) in [5.41, 5.74) is 7.19. The summed E-state index contributed by atoms with van der Waals surface area (Å²) >= 11 is 0. The van der Waals surface area contributed by atoms with Crippen molar-refractivity contribution in [3.8, 4) is 0 Å². The smallest absolute Gasteiger partial charge is 0.0213 e. The molecular weight excluding hydrogens is 256 g/mol. The minimum Gasteiger partial charge on any atom is -0.271 e. The lowest BCUT2D eigenvalue weighted by Crippen LogP contribution is -2.35. The summed E-state index contributed by atoms with van der Waals surface area (Å²) in [5, 5.41) is 0. The largest absolute Gasteiger partial charge is 0.271 e. The molecule has 112 valence electrons. The number of aryl methyl sites for hydroxylation is 3. The Balaban J connectivity index is 1.74. The van der Waals surface area contributed by atoms with Crippen LogP contribution in [0, 0.1) is 6.92 Å². The van der Waals surface area contributed by atoms with E-state index in [0.717, 1.165) is 25.7 Å². The molecule has 0 radical (unpaired) electrons. The maximum atomic E-state index is 5.70. The molecule has 0 bridgehead atoms. The van der Waals surface area contributed by atoms with E-state index in [1.807, 2.05) is 0 Å². The molecule has 0 heterocycles. The third kappa shape index (κ3) is 5.33. The fraction of sp³-hybridized carbons (Fsp3) is 0.368. The van der Waals surface area contributed by atoms with Gasteiger partial charge in [-0.25, -0.2) is 0 Å². The van der Waals surface area contributed by atoms with E-state index in [4.69, 9.17) is 5.84 Å². The molecule has 2 nitrogen and oxygen atoms in total. The summed E-state index contributed by atoms with van der Waals surface area (Å²) in [6.45, 7) is 2.18. The number of rotatable bonds is 8. The summed E-state index contributed by atoms with van der Waals surface area (Å²) in [7, 11) is 0. The molecule has 0 aliphatic heterocycles. The van der Waals surface area contributed by atoms with E-state index in [1.54, 1.807) is 0 Å². The standard InChI is InChI=1S/C19H26N2/c1-16-8-5-6-12-18(16)14-15-19(21-20)13-7-11-17-9-3-2-4-10-17/h2-6,8-10,12,19,21H,7,11,13-15,20H2,1H3. The van der Waals surface area contributed by atoms with Gasteiger partial charge >= 0.3 is 0 Å². The summed E-state index contributed by atoms with van der Waals surface area (Å²) < 4.78 is 0. The van der Waals surface area contributed by atoms with Crippen LogP contribution in [-0.2, 0) is 12.8 Å². The number of nitrogens with two attached hydrogens (primary N) is 1. The average molecular weight is 282 g/mol. The van der Waals surface area contributed by atoms with Gasteiger partial charge in [0.25, 0.3) is 0 Å². The van der Waals surface area contributed by atoms with Gasteiger partial charge in [-0.2, -0.15) is 0 Å². The highest BCUT2D eigenvalue weighted by Crippen LogP contribution is 2.13. The third-order valence-corrected chi connectivity index (χ3v) is 4.12. The molecule has 1 unspecified atom stereocenters. The van der Waals surface area contributed by atoms with Gasteiger partial charge in [-0.1, -0.05) is 54.6 Å². The molecule has 0 spiro atoms. The second kappa shape index (κ2) is 8.60. The molecule has 0 aliphatic rings. The number of hydrazine groups is 1. The summed E-state index contributed by atoms with van der Waals surface area (Å²) in [4.78, 5) is 0. The van der Waals surface area contributed by atoms with Crippen LogP contribution >= 0.6 is 0 Å². The van der Waals surface area contributed by atoms with E-state index in [0.29, 0.717) is 6.04 Å². The van der Waals surface area contributed by atoms with Crippen molar-refractivity contribution in [2.45, 2.75) is 45.1 Å². The molecule has 0 saturated carbocycles. The molecule has 21 heavy (non-hydrogen) atoms. The lowest BCUT2D eigenvalue weighted by atomic mass is 9.97. The van der Waals surface area contributed by atoms with E-state index in [9.17, 15) is 0 Å². The SMILES string of the molecule is Cc1ccccc1CCC(CCCc1ccccc1)NN. The van der Waals surface area contributed by atoms with Gasteiger partial charge in [-0.3, -0.25) is 11.3 Å². The van der Waals surface area contributed by atoms with Gasteiger partial charge in [0.1, 0.15) is 0 Å². The second-order valence-corrected chi connectivity index (χ2v) is 5.71. The van der Waals surface area contributed by atoms with Crippen LogP contribution in [0.15, 0.2) is 54.6 Å². The first kappa shape index (κ1) is 15.7. The number of hydrogen-bond acceptors (Lipinski definition) is 2. The lowest BCUT2D eigenvalue weighted by Gasteiger charge is -2.16. The number of hydrogen-bond donors (Lipinski definition) is 2. The maximum absolute atomic E-state index is 5.70. The van der Waals surface area contributed by atoms with E-state index in [-0.39, 0.29) is 0 Å². The van der Waals surface area contributed by atoms with Crippen LogP contribution in [0.5, 0.6) is 0 Å². The van der Waals surface area contributed by atoms with E-state index < -0.39 is 0 Å². The van der Waals surface area contributed by atoms with Crippen LogP contribution in [-0.4, -0.2) is 6.04 Å². The molecular formula is C19H26N2. The van der Waals surface area contributed by atoms with Gasteiger partial charge in [0.2, 0.25) is 0 Å². The minimum atomic E-state index is 0.397. The molecule has 0 aliphatic carbocycles. The molecule has 0 saturated heterocycles. The summed E-state index contributed by atoms with van der Waals surface area (Å²) in [6.07, 6.45) is 5.61. The van der Waals surface area contributed by atoms with Crippen molar-refractivity contribution in [1.82, 2.24) is 5.43 Å². The summed E-state index contributed by atoms with van der Waals surface area (Å²) in [5.74, 6) is 5.70. The van der Waals surface area contributed by atoms with Crippen LogP contribution in [0.1, 0.15) is 36.0 Å². The highest BCUT2D eigenvalue weighted by Gasteiger charge is 2.07. The minimum absolute atomic E-state index is 0.397. The Bertz CT molecular complexity index is 522. The fourth-order valence-corrected chi connectivity index (χ4v) is 2.73. The predicted molar refractivity (Wildman–Crippen MR) is 90.0 cm³/mol.